The molecule has 0 bridgehead atoms. The van der Waals surface area contributed by atoms with Crippen molar-refractivity contribution >= 4 is 22.4 Å². The highest BCUT2D eigenvalue weighted by Gasteiger charge is 2.21. The molecule has 3 N–H and O–H groups in total. The molecular weight excluding hydrogens is 210 g/mol. The molecule has 84 valence electrons. The van der Waals surface area contributed by atoms with Gasteiger partial charge in [-0.1, -0.05) is 6.92 Å². The maximum Gasteiger partial charge on any atom is 0.219 e. The molecule has 1 aromatic heterocycles. The minimum absolute atomic E-state index is 0.300. The summed E-state index contributed by atoms with van der Waals surface area (Å²) in [5.41, 5.74) is 5.90. The summed E-state index contributed by atoms with van der Waals surface area (Å²) in [5.74, 6) is -0.306. The fraction of sp³-hybridized carbons (Fsp3) is 0.600. The lowest BCUT2D eigenvalue weighted by molar-refractivity contribution is -0.118. The SMILES string of the molecule is CCc1csc(NC(C)(C)CC(N)=O)n1. The fourth-order valence-electron chi connectivity index (χ4n) is 1.30. The first-order chi connectivity index (χ1) is 6.93. The highest BCUT2D eigenvalue weighted by atomic mass is 32.1. The van der Waals surface area contributed by atoms with Crippen LogP contribution in [0, 0.1) is 0 Å². The van der Waals surface area contributed by atoms with Crippen LogP contribution in [0.15, 0.2) is 5.38 Å². The minimum Gasteiger partial charge on any atom is -0.370 e. The largest absolute Gasteiger partial charge is 0.370 e. The fourth-order valence-corrected chi connectivity index (χ4v) is 2.27. The van der Waals surface area contributed by atoms with Gasteiger partial charge in [0, 0.05) is 17.3 Å². The zero-order valence-electron chi connectivity index (χ0n) is 9.33. The Kier molecular flexibility index (Phi) is 3.68. The molecule has 0 saturated heterocycles. The second kappa shape index (κ2) is 4.61. The predicted octanol–water partition coefficient (Wildman–Crippen LogP) is 1.77. The Morgan fingerprint density at radius 1 is 1.67 bits per heavy atom. The molecule has 4 nitrogen and oxygen atoms in total. The quantitative estimate of drug-likeness (QED) is 0.805. The number of carbonyl (C=O) groups excluding carboxylic acids is 1. The normalized spacial score (nSPS) is 11.4. The Morgan fingerprint density at radius 2 is 2.33 bits per heavy atom. The molecule has 15 heavy (non-hydrogen) atoms. The molecule has 0 saturated carbocycles. The maximum absolute atomic E-state index is 10.8. The van der Waals surface area contributed by atoms with E-state index in [1.807, 2.05) is 19.2 Å². The van der Waals surface area contributed by atoms with Gasteiger partial charge in [0.1, 0.15) is 0 Å². The number of thiazole rings is 1. The van der Waals surface area contributed by atoms with Gasteiger partial charge < -0.3 is 11.1 Å². The monoisotopic (exact) mass is 227 g/mol. The lowest BCUT2D eigenvalue weighted by Crippen LogP contribution is -2.35. The molecule has 0 fully saturated rings. The molecule has 0 aliphatic heterocycles. The zero-order chi connectivity index (χ0) is 11.5. The Labute approximate surface area is 93.9 Å². The van der Waals surface area contributed by atoms with Gasteiger partial charge in [-0.3, -0.25) is 4.79 Å². The van der Waals surface area contributed by atoms with Crippen LogP contribution in [0.2, 0.25) is 0 Å². The Balaban J connectivity index is 2.63. The van der Waals surface area contributed by atoms with Gasteiger partial charge in [0.15, 0.2) is 5.13 Å². The van der Waals surface area contributed by atoms with Gasteiger partial charge in [0.2, 0.25) is 5.91 Å². The van der Waals surface area contributed by atoms with Crippen LogP contribution in [0.25, 0.3) is 0 Å². The summed E-state index contributed by atoms with van der Waals surface area (Å²) < 4.78 is 0. The summed E-state index contributed by atoms with van der Waals surface area (Å²) in [6, 6.07) is 0. The predicted molar refractivity (Wildman–Crippen MR) is 63.0 cm³/mol. The number of nitrogens with two attached hydrogens (primary N) is 1. The summed E-state index contributed by atoms with van der Waals surface area (Å²) >= 11 is 1.55. The molecule has 0 radical (unpaired) electrons. The Morgan fingerprint density at radius 3 is 2.80 bits per heavy atom. The van der Waals surface area contributed by atoms with Crippen molar-refractivity contribution in [1.82, 2.24) is 4.98 Å². The molecule has 5 heteroatoms. The molecule has 0 spiro atoms. The van der Waals surface area contributed by atoms with Crippen molar-refractivity contribution in [3.63, 3.8) is 0 Å². The van der Waals surface area contributed by atoms with Crippen molar-refractivity contribution in [2.75, 3.05) is 5.32 Å². The number of primary amides is 1. The van der Waals surface area contributed by atoms with Gasteiger partial charge in [0.25, 0.3) is 0 Å². The number of amides is 1. The van der Waals surface area contributed by atoms with E-state index < -0.39 is 0 Å². The molecule has 1 rings (SSSR count). The number of carbonyl (C=O) groups is 1. The van der Waals surface area contributed by atoms with Crippen molar-refractivity contribution in [2.45, 2.75) is 39.2 Å². The Hall–Kier alpha value is -1.10. The van der Waals surface area contributed by atoms with Gasteiger partial charge in [0.05, 0.1) is 5.69 Å². The first kappa shape index (κ1) is 12.0. The molecule has 0 atom stereocenters. The summed E-state index contributed by atoms with van der Waals surface area (Å²) in [4.78, 5) is 15.2. The van der Waals surface area contributed by atoms with E-state index in [4.69, 9.17) is 5.73 Å². The van der Waals surface area contributed by atoms with Gasteiger partial charge in [-0.25, -0.2) is 4.98 Å². The molecule has 1 heterocycles. The van der Waals surface area contributed by atoms with Gasteiger partial charge in [-0.2, -0.15) is 0 Å². The number of aromatic nitrogens is 1. The molecule has 0 aliphatic rings. The second-order valence-electron chi connectivity index (χ2n) is 4.15. The third-order valence-corrected chi connectivity index (χ3v) is 2.78. The number of nitrogens with zero attached hydrogens (tertiary/aromatic N) is 1. The smallest absolute Gasteiger partial charge is 0.219 e. The van der Waals surface area contributed by atoms with Gasteiger partial charge >= 0.3 is 0 Å². The standard InChI is InChI=1S/C10H17N3OS/c1-4-7-6-15-9(12-7)13-10(2,3)5-8(11)14/h6H,4-5H2,1-3H3,(H2,11,14)(H,12,13). The second-order valence-corrected chi connectivity index (χ2v) is 5.01. The first-order valence-corrected chi connectivity index (χ1v) is 5.82. The number of anilines is 1. The summed E-state index contributed by atoms with van der Waals surface area (Å²) in [6.45, 7) is 5.93. The van der Waals surface area contributed by atoms with E-state index in [9.17, 15) is 4.79 Å². The van der Waals surface area contributed by atoms with Gasteiger partial charge in [-0.15, -0.1) is 11.3 Å². The number of aryl methyl sites for hydroxylation is 1. The third-order valence-electron chi connectivity index (χ3n) is 1.98. The average Bonchev–Trinajstić information content (AvgIpc) is 2.48. The highest BCUT2D eigenvalue weighted by molar-refractivity contribution is 7.13. The van der Waals surface area contributed by atoms with E-state index in [-0.39, 0.29) is 11.4 Å². The highest BCUT2D eigenvalue weighted by Crippen LogP contribution is 2.21. The van der Waals surface area contributed by atoms with Crippen molar-refractivity contribution in [3.05, 3.63) is 11.1 Å². The van der Waals surface area contributed by atoms with E-state index >= 15 is 0 Å². The van der Waals surface area contributed by atoms with Crippen LogP contribution in [0.3, 0.4) is 0 Å². The van der Waals surface area contributed by atoms with Crippen LogP contribution in [-0.2, 0) is 11.2 Å². The van der Waals surface area contributed by atoms with Crippen molar-refractivity contribution in [1.29, 1.82) is 0 Å². The maximum atomic E-state index is 10.8. The van der Waals surface area contributed by atoms with E-state index in [1.165, 1.54) is 0 Å². The van der Waals surface area contributed by atoms with E-state index in [2.05, 4.69) is 17.2 Å². The van der Waals surface area contributed by atoms with E-state index in [0.29, 0.717) is 6.42 Å². The van der Waals surface area contributed by atoms with E-state index in [1.54, 1.807) is 11.3 Å². The average molecular weight is 227 g/mol. The third kappa shape index (κ3) is 3.87. The van der Waals surface area contributed by atoms with Crippen LogP contribution >= 0.6 is 11.3 Å². The van der Waals surface area contributed by atoms with E-state index in [0.717, 1.165) is 17.2 Å². The van der Waals surface area contributed by atoms with Crippen molar-refractivity contribution in [2.24, 2.45) is 5.73 Å². The van der Waals surface area contributed by atoms with Crippen LogP contribution in [-0.4, -0.2) is 16.4 Å². The van der Waals surface area contributed by atoms with Crippen molar-refractivity contribution in [3.8, 4) is 0 Å². The van der Waals surface area contributed by atoms with Crippen LogP contribution in [0.5, 0.6) is 0 Å². The summed E-state index contributed by atoms with van der Waals surface area (Å²) in [5, 5.41) is 6.07. The van der Waals surface area contributed by atoms with Crippen molar-refractivity contribution < 1.29 is 4.79 Å². The molecule has 1 amide bonds. The minimum atomic E-state index is -0.339. The number of hydrogen-bond donors (Lipinski definition) is 2. The van der Waals surface area contributed by atoms with Crippen LogP contribution < -0.4 is 11.1 Å². The summed E-state index contributed by atoms with van der Waals surface area (Å²) in [7, 11) is 0. The van der Waals surface area contributed by atoms with Gasteiger partial charge in [-0.05, 0) is 20.3 Å². The molecular formula is C10H17N3OS. The molecule has 0 aromatic carbocycles. The first-order valence-electron chi connectivity index (χ1n) is 4.94. The number of nitrogens with one attached hydrogen (secondary N) is 1. The summed E-state index contributed by atoms with van der Waals surface area (Å²) in [6.07, 6.45) is 1.22. The Bertz CT molecular complexity index is 346. The van der Waals surface area contributed by atoms with Crippen LogP contribution in [0.4, 0.5) is 5.13 Å². The lowest BCUT2D eigenvalue weighted by Gasteiger charge is -2.24. The lowest BCUT2D eigenvalue weighted by atomic mass is 10.0. The molecule has 1 aromatic rings. The topological polar surface area (TPSA) is 68.0 Å². The number of hydrogen-bond acceptors (Lipinski definition) is 4. The zero-order valence-corrected chi connectivity index (χ0v) is 10.1. The van der Waals surface area contributed by atoms with Crippen LogP contribution in [0.1, 0.15) is 32.9 Å². The molecule has 0 aliphatic carbocycles. The molecule has 0 unspecified atom stereocenters. The number of rotatable bonds is 5.